The van der Waals surface area contributed by atoms with E-state index in [0.29, 0.717) is 24.0 Å². The largest absolute Gasteiger partial charge is 0.417 e. The van der Waals surface area contributed by atoms with E-state index in [2.05, 4.69) is 25.3 Å². The minimum absolute atomic E-state index is 0.00520. The number of pyridine rings is 1. The lowest BCUT2D eigenvalue weighted by Crippen LogP contribution is -2.15. The molecule has 0 radical (unpaired) electrons. The Balaban J connectivity index is 1.36. The van der Waals surface area contributed by atoms with Crippen LogP contribution in [0, 0.1) is 0 Å². The number of alkyl halides is 3. The number of carbonyl (C=O) groups excluding carboxylic acids is 1. The lowest BCUT2D eigenvalue weighted by Gasteiger charge is -2.09. The van der Waals surface area contributed by atoms with Crippen molar-refractivity contribution in [3.63, 3.8) is 0 Å². The fourth-order valence-corrected chi connectivity index (χ4v) is 3.18. The number of amides is 1. The van der Waals surface area contributed by atoms with Crippen LogP contribution in [0.4, 0.5) is 18.9 Å². The Morgan fingerprint density at radius 3 is 2.36 bits per heavy atom. The van der Waals surface area contributed by atoms with Crippen molar-refractivity contribution in [3.8, 4) is 11.1 Å². The first-order valence-electron chi connectivity index (χ1n) is 9.95. The van der Waals surface area contributed by atoms with E-state index >= 15 is 0 Å². The summed E-state index contributed by atoms with van der Waals surface area (Å²) in [5, 5.41) is 2.45. The summed E-state index contributed by atoms with van der Waals surface area (Å²) in [6, 6.07) is 8.09. The molecule has 0 aliphatic heterocycles. The van der Waals surface area contributed by atoms with Crippen molar-refractivity contribution >= 4 is 11.6 Å². The maximum Gasteiger partial charge on any atom is 0.417 e. The average Bonchev–Trinajstić information content (AvgIpc) is 3.19. The number of halogens is 3. The second-order valence-electron chi connectivity index (χ2n) is 7.48. The minimum Gasteiger partial charge on any atom is -0.340 e. The normalized spacial score (nSPS) is 11.4. The smallest absolute Gasteiger partial charge is 0.340 e. The third-order valence-electron chi connectivity index (χ3n) is 4.80. The Hall–Kier alpha value is -4.08. The van der Waals surface area contributed by atoms with Crippen LogP contribution in [-0.4, -0.2) is 30.4 Å². The monoisotopic (exact) mass is 452 g/mol. The van der Waals surface area contributed by atoms with Crippen LogP contribution in [0.15, 0.2) is 67.6 Å². The number of rotatable bonds is 6. The highest BCUT2D eigenvalue weighted by Gasteiger charge is 2.31. The molecule has 1 N–H and O–H groups in total. The average molecular weight is 452 g/mol. The molecule has 0 atom stereocenters. The van der Waals surface area contributed by atoms with Gasteiger partial charge in [-0.15, -0.1) is 0 Å². The number of hydrogen-bond acceptors (Lipinski definition) is 5. The zero-order chi connectivity index (χ0) is 23.4. The molecule has 0 fully saturated rings. The number of carbonyl (C=O) groups is 1. The van der Waals surface area contributed by atoms with Crippen molar-refractivity contribution in [3.05, 3.63) is 90.3 Å². The van der Waals surface area contributed by atoms with Gasteiger partial charge in [0.05, 0.1) is 42.3 Å². The predicted octanol–water partition coefficient (Wildman–Crippen LogP) is 4.06. The van der Waals surface area contributed by atoms with Gasteiger partial charge < -0.3 is 9.88 Å². The van der Waals surface area contributed by atoms with Crippen LogP contribution in [0.5, 0.6) is 0 Å². The van der Waals surface area contributed by atoms with Crippen molar-refractivity contribution in [2.45, 2.75) is 19.0 Å². The van der Waals surface area contributed by atoms with Gasteiger partial charge in [0.15, 0.2) is 0 Å². The van der Waals surface area contributed by atoms with Crippen LogP contribution < -0.4 is 5.32 Å². The predicted molar refractivity (Wildman–Crippen MR) is 115 cm³/mol. The molecule has 0 spiro atoms. The molecule has 0 bridgehead atoms. The molecule has 0 unspecified atom stereocenters. The van der Waals surface area contributed by atoms with Gasteiger partial charge in [-0.3, -0.25) is 9.78 Å². The van der Waals surface area contributed by atoms with E-state index in [1.807, 2.05) is 29.9 Å². The van der Waals surface area contributed by atoms with E-state index in [9.17, 15) is 18.0 Å². The quantitative estimate of drug-likeness (QED) is 0.477. The number of aryl methyl sites for hydroxylation is 1. The molecule has 4 aromatic rings. The molecule has 0 saturated heterocycles. The van der Waals surface area contributed by atoms with Crippen LogP contribution >= 0.6 is 0 Å². The fraction of sp³-hybridized carbons (Fsp3) is 0.174. The van der Waals surface area contributed by atoms with E-state index in [4.69, 9.17) is 0 Å². The molecule has 168 valence electrons. The number of benzene rings is 1. The molecule has 0 saturated carbocycles. The lowest BCUT2D eigenvalue weighted by atomic mass is 10.0. The van der Waals surface area contributed by atoms with Crippen LogP contribution in [0.2, 0.25) is 0 Å². The number of nitrogens with one attached hydrogen (secondary N) is 1. The molecule has 0 aliphatic rings. The van der Waals surface area contributed by atoms with Gasteiger partial charge in [0.1, 0.15) is 5.82 Å². The molecular formula is C23H19F3N6O. The number of aromatic nitrogens is 5. The van der Waals surface area contributed by atoms with E-state index in [1.54, 1.807) is 30.9 Å². The lowest BCUT2D eigenvalue weighted by molar-refractivity contribution is -0.137. The molecular weight excluding hydrogens is 433 g/mol. The number of anilines is 1. The highest BCUT2D eigenvalue weighted by Crippen LogP contribution is 2.30. The summed E-state index contributed by atoms with van der Waals surface area (Å²) in [6.07, 6.45) is 5.01. The van der Waals surface area contributed by atoms with Crippen LogP contribution in [0.25, 0.3) is 11.1 Å². The summed E-state index contributed by atoms with van der Waals surface area (Å²) >= 11 is 0. The van der Waals surface area contributed by atoms with Crippen LogP contribution in [0.3, 0.4) is 0 Å². The Bertz CT molecular complexity index is 1250. The first-order valence-corrected chi connectivity index (χ1v) is 9.95. The number of hydrogen-bond donors (Lipinski definition) is 1. The van der Waals surface area contributed by atoms with Gasteiger partial charge in [-0.2, -0.15) is 13.2 Å². The topological polar surface area (TPSA) is 85.6 Å². The van der Waals surface area contributed by atoms with Gasteiger partial charge >= 0.3 is 6.18 Å². The summed E-state index contributed by atoms with van der Waals surface area (Å²) in [6.45, 7) is 0. The minimum atomic E-state index is -4.52. The molecule has 4 rings (SSSR count). The number of imidazole rings is 1. The third-order valence-corrected chi connectivity index (χ3v) is 4.80. The van der Waals surface area contributed by atoms with Gasteiger partial charge in [0.25, 0.3) is 0 Å². The number of nitrogens with zero attached hydrogens (tertiary/aromatic N) is 5. The molecule has 0 aliphatic carbocycles. The SMILES string of the molecule is Cn1cnc(Cc2ncc(-c3ccc(CC(=O)Nc4cncc(C(F)(F)F)c4)cc3)cn2)c1. The molecule has 3 heterocycles. The van der Waals surface area contributed by atoms with E-state index in [1.165, 1.54) is 6.20 Å². The molecule has 7 nitrogen and oxygen atoms in total. The van der Waals surface area contributed by atoms with Gasteiger partial charge in [-0.25, -0.2) is 15.0 Å². The zero-order valence-electron chi connectivity index (χ0n) is 17.5. The summed E-state index contributed by atoms with van der Waals surface area (Å²) in [5.74, 6) is 0.223. The molecule has 33 heavy (non-hydrogen) atoms. The Kier molecular flexibility index (Phi) is 6.16. The Labute approximate surface area is 187 Å². The highest BCUT2D eigenvalue weighted by molar-refractivity contribution is 5.92. The molecule has 10 heteroatoms. The van der Waals surface area contributed by atoms with Crippen molar-refractivity contribution in [1.29, 1.82) is 0 Å². The van der Waals surface area contributed by atoms with Crippen LogP contribution in [0.1, 0.15) is 22.6 Å². The molecule has 1 aromatic carbocycles. The van der Waals surface area contributed by atoms with E-state index in [-0.39, 0.29) is 12.1 Å². The van der Waals surface area contributed by atoms with Crippen molar-refractivity contribution in [2.24, 2.45) is 7.05 Å². The van der Waals surface area contributed by atoms with Gasteiger partial charge in [0, 0.05) is 37.4 Å². The Morgan fingerprint density at radius 2 is 1.73 bits per heavy atom. The second-order valence-corrected chi connectivity index (χ2v) is 7.48. The summed E-state index contributed by atoms with van der Waals surface area (Å²) in [7, 11) is 1.90. The highest BCUT2D eigenvalue weighted by atomic mass is 19.4. The molecule has 1 amide bonds. The Morgan fingerprint density at radius 1 is 1.00 bits per heavy atom. The third kappa shape index (κ3) is 5.79. The van der Waals surface area contributed by atoms with Crippen molar-refractivity contribution in [2.75, 3.05) is 5.32 Å². The maximum absolute atomic E-state index is 12.8. The first-order chi connectivity index (χ1) is 15.8. The van der Waals surface area contributed by atoms with Crippen molar-refractivity contribution < 1.29 is 18.0 Å². The first kappa shape index (κ1) is 22.1. The van der Waals surface area contributed by atoms with E-state index < -0.39 is 17.6 Å². The van der Waals surface area contributed by atoms with Crippen LogP contribution in [-0.2, 0) is 30.9 Å². The molecule has 3 aromatic heterocycles. The van der Waals surface area contributed by atoms with Gasteiger partial charge in [-0.1, -0.05) is 24.3 Å². The summed E-state index contributed by atoms with van der Waals surface area (Å²) in [5.41, 5.74) is 2.38. The van der Waals surface area contributed by atoms with Crippen molar-refractivity contribution in [1.82, 2.24) is 24.5 Å². The fourth-order valence-electron chi connectivity index (χ4n) is 3.18. The summed E-state index contributed by atoms with van der Waals surface area (Å²) in [4.78, 5) is 28.8. The van der Waals surface area contributed by atoms with Gasteiger partial charge in [-0.05, 0) is 17.2 Å². The second kappa shape index (κ2) is 9.19. The summed E-state index contributed by atoms with van der Waals surface area (Å²) < 4.78 is 40.2. The standard InChI is InChI=1S/C23H19F3N6O/c1-32-13-20(30-14-32)8-21-28-9-17(10-29-21)16-4-2-15(3-5-16)6-22(33)31-19-7-18(11-27-12-19)23(24,25)26/h2-5,7,9-14H,6,8H2,1H3,(H,31,33). The maximum atomic E-state index is 12.8. The van der Waals surface area contributed by atoms with E-state index in [0.717, 1.165) is 22.9 Å². The van der Waals surface area contributed by atoms with Gasteiger partial charge in [0.2, 0.25) is 5.91 Å². The zero-order valence-corrected chi connectivity index (χ0v) is 17.5.